The maximum absolute atomic E-state index is 10.5. The number of carboxylic acids is 1. The maximum Gasteiger partial charge on any atom is 0.307 e. The highest BCUT2D eigenvalue weighted by molar-refractivity contribution is 5.85. The highest BCUT2D eigenvalue weighted by Gasteiger charge is 2.12. The second-order valence-corrected chi connectivity index (χ2v) is 4.52. The van der Waals surface area contributed by atoms with Gasteiger partial charge in [-0.3, -0.25) is 4.79 Å². The van der Waals surface area contributed by atoms with E-state index in [1.807, 2.05) is 24.3 Å². The Hall–Kier alpha value is -1.02. The first kappa shape index (κ1) is 14.0. The molecule has 1 aromatic rings. The summed E-state index contributed by atoms with van der Waals surface area (Å²) in [4.78, 5) is 10.5. The van der Waals surface area contributed by atoms with Crippen molar-refractivity contribution in [3.05, 3.63) is 35.4 Å². The molecule has 1 N–H and O–H groups in total. The van der Waals surface area contributed by atoms with Crippen LogP contribution in [-0.4, -0.2) is 11.1 Å². The molecule has 0 aliphatic heterocycles. The van der Waals surface area contributed by atoms with Gasteiger partial charge in [-0.15, -0.1) is 12.4 Å². The van der Waals surface area contributed by atoms with Gasteiger partial charge in [-0.1, -0.05) is 45.0 Å². The number of halogens is 1. The van der Waals surface area contributed by atoms with Crippen LogP contribution < -0.4 is 0 Å². The summed E-state index contributed by atoms with van der Waals surface area (Å²) in [6.07, 6.45) is 0.102. The van der Waals surface area contributed by atoms with Crippen LogP contribution >= 0.6 is 12.4 Å². The molecule has 84 valence electrons. The van der Waals surface area contributed by atoms with Crippen LogP contribution in [0.1, 0.15) is 31.9 Å². The smallest absolute Gasteiger partial charge is 0.307 e. The summed E-state index contributed by atoms with van der Waals surface area (Å²) in [6, 6.07) is 7.76. The number of hydrogen-bond acceptors (Lipinski definition) is 1. The summed E-state index contributed by atoms with van der Waals surface area (Å²) in [6.45, 7) is 6.41. The zero-order valence-electron chi connectivity index (χ0n) is 9.28. The minimum absolute atomic E-state index is 0. The van der Waals surface area contributed by atoms with E-state index in [0.717, 1.165) is 5.56 Å². The fourth-order valence-corrected chi connectivity index (χ4v) is 1.30. The number of aliphatic carboxylic acids is 1. The van der Waals surface area contributed by atoms with Crippen LogP contribution in [0.15, 0.2) is 24.3 Å². The van der Waals surface area contributed by atoms with Crippen LogP contribution in [0.25, 0.3) is 0 Å². The van der Waals surface area contributed by atoms with Crippen molar-refractivity contribution in [3.63, 3.8) is 0 Å². The molecule has 0 aliphatic rings. The van der Waals surface area contributed by atoms with Gasteiger partial charge in [0.1, 0.15) is 0 Å². The van der Waals surface area contributed by atoms with Crippen LogP contribution in [0.2, 0.25) is 0 Å². The van der Waals surface area contributed by atoms with Crippen molar-refractivity contribution >= 4 is 18.4 Å². The lowest BCUT2D eigenvalue weighted by Crippen LogP contribution is -2.11. The second kappa shape index (κ2) is 5.17. The lowest BCUT2D eigenvalue weighted by molar-refractivity contribution is -0.136. The summed E-state index contributed by atoms with van der Waals surface area (Å²) in [5.74, 6) is -0.784. The van der Waals surface area contributed by atoms with Crippen molar-refractivity contribution in [2.24, 2.45) is 0 Å². The van der Waals surface area contributed by atoms with E-state index in [0.29, 0.717) is 0 Å². The topological polar surface area (TPSA) is 37.3 Å². The van der Waals surface area contributed by atoms with E-state index in [1.54, 1.807) is 0 Å². The SMILES string of the molecule is CC(C)(C)c1ccc(CC(=O)O)cc1.Cl. The molecule has 0 heterocycles. The van der Waals surface area contributed by atoms with E-state index in [4.69, 9.17) is 5.11 Å². The third kappa shape index (κ3) is 4.34. The molecule has 0 aromatic heterocycles. The Labute approximate surface area is 96.7 Å². The Balaban J connectivity index is 0.00000196. The molecule has 0 unspecified atom stereocenters. The Morgan fingerprint density at radius 1 is 1.20 bits per heavy atom. The lowest BCUT2D eigenvalue weighted by atomic mass is 9.86. The number of carbonyl (C=O) groups is 1. The van der Waals surface area contributed by atoms with Gasteiger partial charge in [-0.05, 0) is 16.5 Å². The molecule has 0 fully saturated rings. The van der Waals surface area contributed by atoms with Crippen LogP contribution in [0, 0.1) is 0 Å². The van der Waals surface area contributed by atoms with Crippen LogP contribution in [-0.2, 0) is 16.6 Å². The van der Waals surface area contributed by atoms with E-state index >= 15 is 0 Å². The maximum atomic E-state index is 10.5. The van der Waals surface area contributed by atoms with Gasteiger partial charge in [0.2, 0.25) is 0 Å². The Kier molecular flexibility index (Phi) is 4.82. The van der Waals surface area contributed by atoms with Gasteiger partial charge in [0.25, 0.3) is 0 Å². The zero-order valence-corrected chi connectivity index (χ0v) is 10.1. The van der Waals surface area contributed by atoms with Gasteiger partial charge >= 0.3 is 5.97 Å². The van der Waals surface area contributed by atoms with E-state index in [9.17, 15) is 4.79 Å². The van der Waals surface area contributed by atoms with E-state index in [2.05, 4.69) is 20.8 Å². The molecule has 0 saturated heterocycles. The van der Waals surface area contributed by atoms with Gasteiger partial charge in [0.15, 0.2) is 0 Å². The molecule has 15 heavy (non-hydrogen) atoms. The summed E-state index contributed by atoms with van der Waals surface area (Å²) in [5.41, 5.74) is 2.21. The van der Waals surface area contributed by atoms with Crippen molar-refractivity contribution in [2.45, 2.75) is 32.6 Å². The zero-order chi connectivity index (χ0) is 10.8. The summed E-state index contributed by atoms with van der Waals surface area (Å²) < 4.78 is 0. The second-order valence-electron chi connectivity index (χ2n) is 4.52. The fourth-order valence-electron chi connectivity index (χ4n) is 1.30. The molecular formula is C12H17ClO2. The van der Waals surface area contributed by atoms with Crippen molar-refractivity contribution < 1.29 is 9.90 Å². The van der Waals surface area contributed by atoms with Gasteiger partial charge in [-0.2, -0.15) is 0 Å². The Bertz CT molecular complexity index is 322. The first-order valence-corrected chi connectivity index (χ1v) is 4.71. The number of benzene rings is 1. The predicted octanol–water partition coefficient (Wildman–Crippen LogP) is 3.03. The van der Waals surface area contributed by atoms with Gasteiger partial charge in [-0.25, -0.2) is 0 Å². The van der Waals surface area contributed by atoms with Crippen molar-refractivity contribution in [1.29, 1.82) is 0 Å². The highest BCUT2D eigenvalue weighted by atomic mass is 35.5. The lowest BCUT2D eigenvalue weighted by Gasteiger charge is -2.18. The summed E-state index contributed by atoms with van der Waals surface area (Å²) in [5, 5.41) is 8.60. The molecule has 0 atom stereocenters. The average molecular weight is 229 g/mol. The molecule has 0 radical (unpaired) electrons. The third-order valence-electron chi connectivity index (χ3n) is 2.18. The monoisotopic (exact) mass is 228 g/mol. The molecule has 3 heteroatoms. The Morgan fingerprint density at radius 2 is 1.67 bits per heavy atom. The number of hydrogen-bond donors (Lipinski definition) is 1. The highest BCUT2D eigenvalue weighted by Crippen LogP contribution is 2.22. The van der Waals surface area contributed by atoms with Gasteiger partial charge in [0.05, 0.1) is 6.42 Å². The quantitative estimate of drug-likeness (QED) is 0.845. The third-order valence-corrected chi connectivity index (χ3v) is 2.18. The molecular weight excluding hydrogens is 212 g/mol. The van der Waals surface area contributed by atoms with E-state index in [-0.39, 0.29) is 24.2 Å². The van der Waals surface area contributed by atoms with Crippen LogP contribution in [0.3, 0.4) is 0 Å². The summed E-state index contributed by atoms with van der Waals surface area (Å²) >= 11 is 0. The van der Waals surface area contributed by atoms with E-state index < -0.39 is 5.97 Å². The van der Waals surface area contributed by atoms with Crippen LogP contribution in [0.4, 0.5) is 0 Å². The largest absolute Gasteiger partial charge is 0.481 e. The average Bonchev–Trinajstić information content (AvgIpc) is 2.02. The van der Waals surface area contributed by atoms with Crippen molar-refractivity contribution in [1.82, 2.24) is 0 Å². The van der Waals surface area contributed by atoms with Gasteiger partial charge < -0.3 is 5.11 Å². The molecule has 2 nitrogen and oxygen atoms in total. The molecule has 1 rings (SSSR count). The minimum atomic E-state index is -0.784. The van der Waals surface area contributed by atoms with Crippen LogP contribution in [0.5, 0.6) is 0 Å². The van der Waals surface area contributed by atoms with Crippen molar-refractivity contribution in [3.8, 4) is 0 Å². The molecule has 0 aliphatic carbocycles. The normalized spacial score (nSPS) is 10.6. The molecule has 0 amide bonds. The molecule has 0 saturated carbocycles. The molecule has 1 aromatic carbocycles. The first-order chi connectivity index (χ1) is 6.39. The Morgan fingerprint density at radius 3 is 2.00 bits per heavy atom. The van der Waals surface area contributed by atoms with Gasteiger partial charge in [0, 0.05) is 0 Å². The van der Waals surface area contributed by atoms with E-state index in [1.165, 1.54) is 5.56 Å². The predicted molar refractivity (Wildman–Crippen MR) is 63.7 cm³/mol. The molecule has 0 spiro atoms. The number of rotatable bonds is 2. The van der Waals surface area contributed by atoms with Crippen molar-refractivity contribution in [2.75, 3.05) is 0 Å². The number of carboxylic acid groups (broad SMARTS) is 1. The molecule has 0 bridgehead atoms. The fraction of sp³-hybridized carbons (Fsp3) is 0.417. The first-order valence-electron chi connectivity index (χ1n) is 4.71. The summed E-state index contributed by atoms with van der Waals surface area (Å²) in [7, 11) is 0. The minimum Gasteiger partial charge on any atom is -0.481 e. The standard InChI is InChI=1S/C12H16O2.ClH/c1-12(2,3)10-6-4-9(5-7-10)8-11(13)14;/h4-7H,8H2,1-3H3,(H,13,14);1H.